The molecule has 1 unspecified atom stereocenters. The first-order valence-electron chi connectivity index (χ1n) is 8.40. The molecular formula is C19H22N2O2. The Morgan fingerprint density at radius 3 is 2.48 bits per heavy atom. The van der Waals surface area contributed by atoms with Crippen molar-refractivity contribution in [1.29, 1.82) is 0 Å². The Labute approximate surface area is 135 Å². The van der Waals surface area contributed by atoms with Crippen LogP contribution in [0.2, 0.25) is 0 Å². The number of aromatic nitrogens is 2. The molecule has 2 saturated carbocycles. The van der Waals surface area contributed by atoms with E-state index in [1.54, 1.807) is 11.8 Å². The smallest absolute Gasteiger partial charge is 0.274 e. The first-order valence-corrected chi connectivity index (χ1v) is 8.40. The van der Waals surface area contributed by atoms with E-state index in [0.29, 0.717) is 11.3 Å². The number of fused-ring (bicyclic) bond motifs is 3. The van der Waals surface area contributed by atoms with Crippen LogP contribution in [0, 0.1) is 10.8 Å². The zero-order valence-electron chi connectivity index (χ0n) is 14.1. The van der Waals surface area contributed by atoms with E-state index in [1.807, 2.05) is 24.3 Å². The Bertz CT molecular complexity index is 889. The number of benzene rings is 1. The van der Waals surface area contributed by atoms with E-state index in [-0.39, 0.29) is 16.4 Å². The lowest BCUT2D eigenvalue weighted by Crippen LogP contribution is -2.33. The molecule has 23 heavy (non-hydrogen) atoms. The fraction of sp³-hybridized carbons (Fsp3) is 0.526. The molecule has 0 radical (unpaired) electrons. The van der Waals surface area contributed by atoms with E-state index in [4.69, 9.17) is 4.74 Å². The molecule has 0 amide bonds. The summed E-state index contributed by atoms with van der Waals surface area (Å²) in [6.07, 6.45) is 2.41. The maximum atomic E-state index is 13.0. The van der Waals surface area contributed by atoms with E-state index >= 15 is 0 Å². The Morgan fingerprint density at radius 2 is 1.91 bits per heavy atom. The zero-order chi connectivity index (χ0) is 16.2. The molecule has 0 bridgehead atoms. The highest BCUT2D eigenvalue weighted by Gasteiger charge is 2.89. The molecule has 3 atom stereocenters. The summed E-state index contributed by atoms with van der Waals surface area (Å²) in [5, 5.41) is 3.46. The summed E-state index contributed by atoms with van der Waals surface area (Å²) >= 11 is 0. The molecule has 0 aliphatic heterocycles. The number of rotatable bonds is 2. The Morgan fingerprint density at radius 1 is 1.22 bits per heavy atom. The summed E-state index contributed by atoms with van der Waals surface area (Å²) in [6.45, 7) is 7.08. The van der Waals surface area contributed by atoms with Gasteiger partial charge in [-0.3, -0.25) is 9.89 Å². The summed E-state index contributed by atoms with van der Waals surface area (Å²) < 4.78 is 6.92. The van der Waals surface area contributed by atoms with Crippen LogP contribution in [0.25, 0.3) is 5.69 Å². The maximum absolute atomic E-state index is 13.0. The summed E-state index contributed by atoms with van der Waals surface area (Å²) in [4.78, 5) is 13.0. The Balaban J connectivity index is 1.68. The van der Waals surface area contributed by atoms with Crippen molar-refractivity contribution in [2.45, 2.75) is 44.9 Å². The largest absolute Gasteiger partial charge is 0.497 e. The van der Waals surface area contributed by atoms with Crippen molar-refractivity contribution in [3.8, 4) is 11.4 Å². The average Bonchev–Trinajstić information content (AvgIpc) is 2.71. The van der Waals surface area contributed by atoms with Crippen molar-refractivity contribution < 1.29 is 4.74 Å². The normalized spacial score (nSPS) is 35.0. The highest BCUT2D eigenvalue weighted by atomic mass is 16.5. The molecule has 1 heterocycles. The first-order chi connectivity index (χ1) is 10.9. The zero-order valence-corrected chi connectivity index (χ0v) is 14.1. The maximum Gasteiger partial charge on any atom is 0.274 e. The van der Waals surface area contributed by atoms with Crippen molar-refractivity contribution in [2.75, 3.05) is 7.11 Å². The quantitative estimate of drug-likeness (QED) is 0.924. The molecule has 4 nitrogen and oxygen atoms in total. The molecule has 2 aromatic rings. The summed E-state index contributed by atoms with van der Waals surface area (Å²) in [5.41, 5.74) is 3.98. The molecule has 3 aliphatic carbocycles. The number of hydrogen-bond donors (Lipinski definition) is 1. The number of aromatic amines is 1. The summed E-state index contributed by atoms with van der Waals surface area (Å²) in [7, 11) is 1.65. The van der Waals surface area contributed by atoms with Crippen molar-refractivity contribution >= 4 is 0 Å². The molecule has 3 aliphatic rings. The third-order valence-electron chi connectivity index (χ3n) is 7.72. The van der Waals surface area contributed by atoms with E-state index in [9.17, 15) is 4.79 Å². The van der Waals surface area contributed by atoms with Crippen molar-refractivity contribution in [1.82, 2.24) is 9.78 Å². The number of hydrogen-bond acceptors (Lipinski definition) is 2. The third-order valence-corrected chi connectivity index (χ3v) is 7.72. The number of nitrogens with zero attached hydrogens (tertiary/aromatic N) is 1. The molecule has 1 aromatic carbocycles. The molecular weight excluding hydrogens is 288 g/mol. The van der Waals surface area contributed by atoms with Crippen molar-refractivity contribution in [3.05, 3.63) is 45.9 Å². The molecule has 1 spiro atoms. The van der Waals surface area contributed by atoms with Gasteiger partial charge in [0.05, 0.1) is 12.8 Å². The van der Waals surface area contributed by atoms with Gasteiger partial charge in [-0.05, 0) is 53.9 Å². The van der Waals surface area contributed by atoms with Crippen LogP contribution in [0.3, 0.4) is 0 Å². The van der Waals surface area contributed by atoms with Crippen LogP contribution in [0.4, 0.5) is 0 Å². The van der Waals surface area contributed by atoms with Crippen LogP contribution in [0.15, 0.2) is 29.1 Å². The van der Waals surface area contributed by atoms with Gasteiger partial charge in [-0.1, -0.05) is 20.8 Å². The van der Waals surface area contributed by atoms with Gasteiger partial charge in [0.1, 0.15) is 5.75 Å². The van der Waals surface area contributed by atoms with Gasteiger partial charge in [0, 0.05) is 16.7 Å². The highest BCUT2D eigenvalue weighted by Crippen LogP contribution is 2.92. The van der Waals surface area contributed by atoms with Gasteiger partial charge in [0.2, 0.25) is 0 Å². The van der Waals surface area contributed by atoms with Gasteiger partial charge in [-0.15, -0.1) is 0 Å². The van der Waals surface area contributed by atoms with Gasteiger partial charge in [0.25, 0.3) is 5.56 Å². The lowest BCUT2D eigenvalue weighted by Gasteiger charge is -2.38. The van der Waals surface area contributed by atoms with Gasteiger partial charge < -0.3 is 4.74 Å². The fourth-order valence-electron chi connectivity index (χ4n) is 6.15. The minimum absolute atomic E-state index is 0.120. The van der Waals surface area contributed by atoms with E-state index in [0.717, 1.165) is 23.4 Å². The average molecular weight is 310 g/mol. The second kappa shape index (κ2) is 3.58. The van der Waals surface area contributed by atoms with Crippen LogP contribution < -0.4 is 10.3 Å². The van der Waals surface area contributed by atoms with Crippen LogP contribution in [0.1, 0.15) is 50.8 Å². The monoisotopic (exact) mass is 310 g/mol. The molecule has 1 aromatic heterocycles. The predicted molar refractivity (Wildman–Crippen MR) is 88.5 cm³/mol. The lowest BCUT2D eigenvalue weighted by molar-refractivity contribution is 0.171. The lowest BCUT2D eigenvalue weighted by atomic mass is 9.65. The minimum Gasteiger partial charge on any atom is -0.497 e. The summed E-state index contributed by atoms with van der Waals surface area (Å²) in [6, 6.07) is 7.65. The standard InChI is InChI=1S/C19H22N2O2/c1-17(2)18(3)15-14(13-9-10-19(13,17)18)16(22)21(20-15)11-5-7-12(23-4)8-6-11/h5-8,13,20H,9-10H2,1-4H3/t13-,18+,19?/m1/s1. The summed E-state index contributed by atoms with van der Waals surface area (Å²) in [5.74, 6) is 1.25. The number of H-pyrrole nitrogens is 1. The SMILES string of the molecule is COc1ccc(-n2[nH]c3c(c2=O)[C@H]2CCC24C(C)(C)[C@]34C)cc1. The van der Waals surface area contributed by atoms with Crippen molar-refractivity contribution in [3.63, 3.8) is 0 Å². The predicted octanol–water partition coefficient (Wildman–Crippen LogP) is 3.35. The molecule has 1 N–H and O–H groups in total. The fourth-order valence-corrected chi connectivity index (χ4v) is 6.15. The topological polar surface area (TPSA) is 47.0 Å². The minimum atomic E-state index is 0.120. The van der Waals surface area contributed by atoms with Gasteiger partial charge >= 0.3 is 0 Å². The first kappa shape index (κ1) is 13.5. The molecule has 120 valence electrons. The van der Waals surface area contributed by atoms with Gasteiger partial charge in [-0.2, -0.15) is 0 Å². The number of methoxy groups -OCH3 is 1. The van der Waals surface area contributed by atoms with Gasteiger partial charge in [0.15, 0.2) is 0 Å². The molecule has 4 heteroatoms. The third kappa shape index (κ3) is 1.10. The number of nitrogens with one attached hydrogen (secondary N) is 1. The van der Waals surface area contributed by atoms with Gasteiger partial charge in [-0.25, -0.2) is 4.68 Å². The second-order valence-corrected chi connectivity index (χ2v) is 8.05. The highest BCUT2D eigenvalue weighted by molar-refractivity contribution is 5.59. The second-order valence-electron chi connectivity index (χ2n) is 8.05. The van der Waals surface area contributed by atoms with E-state index in [1.165, 1.54) is 12.1 Å². The molecule has 2 fully saturated rings. The molecule has 0 saturated heterocycles. The number of ether oxygens (including phenoxy) is 1. The van der Waals surface area contributed by atoms with Crippen LogP contribution in [-0.2, 0) is 5.41 Å². The molecule has 5 rings (SSSR count). The van der Waals surface area contributed by atoms with E-state index < -0.39 is 0 Å². The van der Waals surface area contributed by atoms with Crippen LogP contribution >= 0.6 is 0 Å². The van der Waals surface area contributed by atoms with Crippen LogP contribution in [0.5, 0.6) is 5.75 Å². The van der Waals surface area contributed by atoms with Crippen molar-refractivity contribution in [2.24, 2.45) is 10.8 Å². The Kier molecular flexibility index (Phi) is 2.09. The Hall–Kier alpha value is -1.97. The van der Waals surface area contributed by atoms with Crippen LogP contribution in [-0.4, -0.2) is 16.9 Å². The van der Waals surface area contributed by atoms with E-state index in [2.05, 4.69) is 25.9 Å².